The average molecular weight is 282 g/mol. The van der Waals surface area contributed by atoms with Gasteiger partial charge in [0.25, 0.3) is 5.91 Å². The lowest BCUT2D eigenvalue weighted by Crippen LogP contribution is -2.36. The molecule has 1 heterocycles. The molecule has 1 aliphatic rings. The van der Waals surface area contributed by atoms with Crippen LogP contribution in [-0.2, 0) is 13.0 Å². The predicted molar refractivity (Wildman–Crippen MR) is 82.1 cm³/mol. The van der Waals surface area contributed by atoms with E-state index in [9.17, 15) is 9.90 Å². The van der Waals surface area contributed by atoms with Crippen LogP contribution in [0.25, 0.3) is 0 Å². The minimum absolute atomic E-state index is 0.0153. The quantitative estimate of drug-likeness (QED) is 0.790. The van der Waals surface area contributed by atoms with Gasteiger partial charge in [-0.3, -0.25) is 4.79 Å². The van der Waals surface area contributed by atoms with E-state index in [2.05, 4.69) is 0 Å². The van der Waals surface area contributed by atoms with E-state index in [1.54, 1.807) is 24.3 Å². The average Bonchev–Trinajstić information content (AvgIpc) is 2.46. The minimum atomic E-state index is 0.0153. The summed E-state index contributed by atoms with van der Waals surface area (Å²) < 4.78 is 0. The molecule has 0 spiro atoms. The molecule has 4 heteroatoms. The van der Waals surface area contributed by atoms with Crippen LogP contribution in [-0.4, -0.2) is 22.5 Å². The first-order valence-corrected chi connectivity index (χ1v) is 7.01. The van der Waals surface area contributed by atoms with Gasteiger partial charge < -0.3 is 15.7 Å². The summed E-state index contributed by atoms with van der Waals surface area (Å²) in [7, 11) is 0. The second-order valence-electron chi connectivity index (χ2n) is 5.50. The van der Waals surface area contributed by atoms with Crippen LogP contribution >= 0.6 is 0 Å². The number of amides is 1. The number of aryl methyl sites for hydroxylation is 1. The predicted octanol–water partition coefficient (Wildman–Crippen LogP) is 2.48. The number of anilines is 1. The molecule has 0 fully saturated rings. The summed E-state index contributed by atoms with van der Waals surface area (Å²) in [5.74, 6) is 0.258. The standard InChI is InChI=1S/C17H18N2O2/c1-11-8-14(18)3-5-16(11)17(21)19-7-6-12-2-4-15(20)9-13(12)10-19/h2-5,8-9,20H,6-7,10,18H2,1H3. The van der Waals surface area contributed by atoms with Gasteiger partial charge in [0.05, 0.1) is 0 Å². The third-order valence-electron chi connectivity index (χ3n) is 3.97. The van der Waals surface area contributed by atoms with Crippen LogP contribution in [0, 0.1) is 6.92 Å². The second kappa shape index (κ2) is 5.13. The highest BCUT2D eigenvalue weighted by Gasteiger charge is 2.23. The second-order valence-corrected chi connectivity index (χ2v) is 5.50. The summed E-state index contributed by atoms with van der Waals surface area (Å²) in [6.45, 7) is 3.13. The van der Waals surface area contributed by atoms with Gasteiger partial charge in [-0.1, -0.05) is 6.07 Å². The molecule has 3 rings (SSSR count). The zero-order chi connectivity index (χ0) is 15.0. The van der Waals surface area contributed by atoms with Gasteiger partial charge in [-0.25, -0.2) is 0 Å². The molecule has 0 bridgehead atoms. The fraction of sp³-hybridized carbons (Fsp3) is 0.235. The Balaban J connectivity index is 1.87. The van der Waals surface area contributed by atoms with Crippen LogP contribution in [0.2, 0.25) is 0 Å². The van der Waals surface area contributed by atoms with Crippen molar-refractivity contribution in [1.82, 2.24) is 4.90 Å². The molecular weight excluding hydrogens is 264 g/mol. The Kier molecular flexibility index (Phi) is 3.29. The summed E-state index contributed by atoms with van der Waals surface area (Å²) in [4.78, 5) is 14.5. The van der Waals surface area contributed by atoms with Crippen molar-refractivity contribution in [1.29, 1.82) is 0 Å². The van der Waals surface area contributed by atoms with Crippen molar-refractivity contribution in [3.8, 4) is 5.75 Å². The number of phenolic OH excluding ortho intramolecular Hbond substituents is 1. The molecule has 4 nitrogen and oxygen atoms in total. The molecule has 3 N–H and O–H groups in total. The number of hydrogen-bond donors (Lipinski definition) is 2. The van der Waals surface area contributed by atoms with Gasteiger partial charge in [0.15, 0.2) is 0 Å². The SMILES string of the molecule is Cc1cc(N)ccc1C(=O)N1CCc2ccc(O)cc2C1. The van der Waals surface area contributed by atoms with Crippen molar-refractivity contribution in [3.63, 3.8) is 0 Å². The van der Waals surface area contributed by atoms with Gasteiger partial charge in [-0.05, 0) is 60.4 Å². The van der Waals surface area contributed by atoms with E-state index in [1.807, 2.05) is 24.0 Å². The first-order chi connectivity index (χ1) is 10.0. The van der Waals surface area contributed by atoms with Crippen molar-refractivity contribution >= 4 is 11.6 Å². The zero-order valence-corrected chi connectivity index (χ0v) is 12.0. The van der Waals surface area contributed by atoms with Crippen LogP contribution < -0.4 is 5.73 Å². The summed E-state index contributed by atoms with van der Waals surface area (Å²) in [5, 5.41) is 9.59. The molecule has 1 amide bonds. The Morgan fingerprint density at radius 2 is 2.00 bits per heavy atom. The molecule has 21 heavy (non-hydrogen) atoms. The van der Waals surface area contributed by atoms with Gasteiger partial charge in [-0.2, -0.15) is 0 Å². The molecule has 0 aliphatic carbocycles. The topological polar surface area (TPSA) is 66.6 Å². The van der Waals surface area contributed by atoms with Gasteiger partial charge in [-0.15, -0.1) is 0 Å². The first-order valence-electron chi connectivity index (χ1n) is 7.01. The molecule has 2 aromatic carbocycles. The molecule has 108 valence electrons. The Hall–Kier alpha value is -2.49. The van der Waals surface area contributed by atoms with Crippen molar-refractivity contribution in [2.75, 3.05) is 12.3 Å². The van der Waals surface area contributed by atoms with E-state index in [1.165, 1.54) is 5.56 Å². The van der Waals surface area contributed by atoms with Gasteiger partial charge in [0.1, 0.15) is 5.75 Å². The number of hydrogen-bond acceptors (Lipinski definition) is 3. The maximum Gasteiger partial charge on any atom is 0.254 e. The van der Waals surface area contributed by atoms with Crippen molar-refractivity contribution in [3.05, 3.63) is 58.7 Å². The zero-order valence-electron chi connectivity index (χ0n) is 12.0. The van der Waals surface area contributed by atoms with Gasteiger partial charge in [0, 0.05) is 24.3 Å². The van der Waals surface area contributed by atoms with E-state index in [0.717, 1.165) is 17.5 Å². The Morgan fingerprint density at radius 1 is 1.19 bits per heavy atom. The smallest absolute Gasteiger partial charge is 0.254 e. The first kappa shape index (κ1) is 13.5. The van der Waals surface area contributed by atoms with E-state index >= 15 is 0 Å². The monoisotopic (exact) mass is 282 g/mol. The maximum absolute atomic E-state index is 12.6. The summed E-state index contributed by atoms with van der Waals surface area (Å²) in [5.41, 5.74) is 10.2. The van der Waals surface area contributed by atoms with E-state index in [4.69, 9.17) is 5.73 Å². The van der Waals surface area contributed by atoms with E-state index in [-0.39, 0.29) is 11.7 Å². The summed E-state index contributed by atoms with van der Waals surface area (Å²) >= 11 is 0. The molecule has 0 radical (unpaired) electrons. The summed E-state index contributed by atoms with van der Waals surface area (Å²) in [6, 6.07) is 10.7. The minimum Gasteiger partial charge on any atom is -0.508 e. The lowest BCUT2D eigenvalue weighted by atomic mass is 9.98. The molecular formula is C17H18N2O2. The highest BCUT2D eigenvalue weighted by Crippen LogP contribution is 2.25. The van der Waals surface area contributed by atoms with Crippen molar-refractivity contribution in [2.45, 2.75) is 19.9 Å². The summed E-state index contributed by atoms with van der Waals surface area (Å²) in [6.07, 6.45) is 0.815. The third-order valence-corrected chi connectivity index (χ3v) is 3.97. The Morgan fingerprint density at radius 3 is 2.76 bits per heavy atom. The van der Waals surface area contributed by atoms with Crippen molar-refractivity contribution < 1.29 is 9.90 Å². The molecule has 0 saturated heterocycles. The fourth-order valence-corrected chi connectivity index (χ4v) is 2.81. The van der Waals surface area contributed by atoms with Crippen LogP contribution in [0.5, 0.6) is 5.75 Å². The highest BCUT2D eigenvalue weighted by molar-refractivity contribution is 5.96. The number of aromatic hydroxyl groups is 1. The lowest BCUT2D eigenvalue weighted by Gasteiger charge is -2.29. The molecule has 1 aliphatic heterocycles. The van der Waals surface area contributed by atoms with Crippen molar-refractivity contribution in [2.24, 2.45) is 0 Å². The Labute approximate surface area is 123 Å². The molecule has 0 saturated carbocycles. The Bertz CT molecular complexity index is 710. The van der Waals surface area contributed by atoms with Crippen LogP contribution in [0.4, 0.5) is 5.69 Å². The number of nitrogens with two attached hydrogens (primary N) is 1. The third kappa shape index (κ3) is 2.57. The van der Waals surface area contributed by atoms with Gasteiger partial charge >= 0.3 is 0 Å². The number of nitrogen functional groups attached to an aromatic ring is 1. The lowest BCUT2D eigenvalue weighted by molar-refractivity contribution is 0.0734. The van der Waals surface area contributed by atoms with E-state index in [0.29, 0.717) is 24.3 Å². The number of fused-ring (bicyclic) bond motifs is 1. The number of benzene rings is 2. The highest BCUT2D eigenvalue weighted by atomic mass is 16.3. The number of phenols is 1. The van der Waals surface area contributed by atoms with Crippen LogP contribution in [0.1, 0.15) is 27.0 Å². The van der Waals surface area contributed by atoms with Crippen LogP contribution in [0.3, 0.4) is 0 Å². The number of nitrogens with zero attached hydrogens (tertiary/aromatic N) is 1. The van der Waals surface area contributed by atoms with Gasteiger partial charge in [0.2, 0.25) is 0 Å². The number of rotatable bonds is 1. The van der Waals surface area contributed by atoms with E-state index < -0.39 is 0 Å². The molecule has 0 atom stereocenters. The molecule has 2 aromatic rings. The van der Waals surface area contributed by atoms with Crippen LogP contribution in [0.15, 0.2) is 36.4 Å². The molecule has 0 aromatic heterocycles. The maximum atomic E-state index is 12.6. The normalized spacial score (nSPS) is 13.9. The number of carbonyl (C=O) groups excluding carboxylic acids is 1. The largest absolute Gasteiger partial charge is 0.508 e. The number of carbonyl (C=O) groups is 1. The fourth-order valence-electron chi connectivity index (χ4n) is 2.81. The molecule has 0 unspecified atom stereocenters.